The van der Waals surface area contributed by atoms with Crippen molar-refractivity contribution in [3.63, 3.8) is 0 Å². The number of fused-ring (bicyclic) bond motifs is 3. The molecule has 3 aromatic rings. The number of benzene rings is 1. The van der Waals surface area contributed by atoms with Crippen LogP contribution in [0.5, 0.6) is 5.75 Å². The summed E-state index contributed by atoms with van der Waals surface area (Å²) in [5.74, 6) is 1.42. The molecule has 0 saturated heterocycles. The van der Waals surface area contributed by atoms with Crippen molar-refractivity contribution in [2.75, 3.05) is 12.4 Å². The number of aromatic nitrogens is 3. The fourth-order valence-electron chi connectivity index (χ4n) is 3.41. The van der Waals surface area contributed by atoms with Crippen LogP contribution >= 0.6 is 0 Å². The fraction of sp³-hybridized carbons (Fsp3) is 0.278. The maximum Gasteiger partial charge on any atom is 0.165 e. The van der Waals surface area contributed by atoms with Crippen LogP contribution in [0, 0.1) is 11.3 Å². The summed E-state index contributed by atoms with van der Waals surface area (Å²) in [7, 11) is 1.63. The average Bonchev–Trinajstić information content (AvgIpc) is 3.12. The number of pyridine rings is 1. The molecule has 1 aliphatic rings. The van der Waals surface area contributed by atoms with Crippen molar-refractivity contribution in [3.05, 3.63) is 47.3 Å². The third-order valence-electron chi connectivity index (χ3n) is 4.54. The Hall–Kier alpha value is -3.07. The van der Waals surface area contributed by atoms with E-state index in [2.05, 4.69) is 21.6 Å². The van der Waals surface area contributed by atoms with Crippen LogP contribution in [-0.2, 0) is 12.8 Å². The second-order valence-corrected chi connectivity index (χ2v) is 5.85. The molecular weight excluding hydrogens is 302 g/mol. The van der Waals surface area contributed by atoms with Gasteiger partial charge in [-0.25, -0.2) is 0 Å². The van der Waals surface area contributed by atoms with Crippen LogP contribution in [0.2, 0.25) is 0 Å². The van der Waals surface area contributed by atoms with E-state index < -0.39 is 0 Å². The Kier molecular flexibility index (Phi) is 3.54. The highest BCUT2D eigenvalue weighted by atomic mass is 16.5. The van der Waals surface area contributed by atoms with Gasteiger partial charge in [-0.3, -0.25) is 4.40 Å². The molecule has 0 bridgehead atoms. The molecule has 1 N–H and O–H groups in total. The van der Waals surface area contributed by atoms with E-state index in [1.807, 2.05) is 28.7 Å². The van der Waals surface area contributed by atoms with E-state index in [1.54, 1.807) is 13.4 Å². The van der Waals surface area contributed by atoms with Gasteiger partial charge < -0.3 is 10.1 Å². The third kappa shape index (κ3) is 2.17. The normalized spacial score (nSPS) is 13.3. The second-order valence-electron chi connectivity index (χ2n) is 5.85. The molecule has 0 atom stereocenters. The fourth-order valence-corrected chi connectivity index (χ4v) is 3.41. The summed E-state index contributed by atoms with van der Waals surface area (Å²) in [6, 6.07) is 10.0. The molecule has 0 amide bonds. The standard InChI is InChI=1S/C18H17N5O/c1-24-16-9-5-4-8-15(16)21-17-14(10-19)12-6-2-3-7-13(12)18-22-20-11-23(17)18/h4-5,8-9,11,21H,2-3,6-7H2,1H3. The van der Waals surface area contributed by atoms with E-state index in [9.17, 15) is 5.26 Å². The molecule has 0 aliphatic heterocycles. The molecule has 120 valence electrons. The summed E-state index contributed by atoms with van der Waals surface area (Å²) in [4.78, 5) is 0. The predicted octanol–water partition coefficient (Wildman–Crippen LogP) is 3.23. The number of para-hydroxylation sites is 2. The SMILES string of the molecule is COc1ccccc1Nc1c(C#N)c2c(c3nncn13)CCCC2. The van der Waals surface area contributed by atoms with Gasteiger partial charge in [-0.1, -0.05) is 12.1 Å². The number of rotatable bonds is 3. The number of nitrogens with zero attached hydrogens (tertiary/aromatic N) is 4. The molecule has 2 aromatic heterocycles. The number of aryl methyl sites for hydroxylation is 1. The van der Waals surface area contributed by atoms with Crippen molar-refractivity contribution in [2.24, 2.45) is 0 Å². The smallest absolute Gasteiger partial charge is 0.165 e. The molecule has 4 rings (SSSR count). The Labute approximate surface area is 139 Å². The Morgan fingerprint density at radius 3 is 2.79 bits per heavy atom. The molecule has 0 unspecified atom stereocenters. The van der Waals surface area contributed by atoms with Crippen molar-refractivity contribution in [1.29, 1.82) is 5.26 Å². The van der Waals surface area contributed by atoms with E-state index in [0.29, 0.717) is 11.4 Å². The number of methoxy groups -OCH3 is 1. The lowest BCUT2D eigenvalue weighted by atomic mass is 9.89. The van der Waals surface area contributed by atoms with Crippen molar-refractivity contribution < 1.29 is 4.74 Å². The highest BCUT2D eigenvalue weighted by Crippen LogP contribution is 2.35. The highest BCUT2D eigenvalue weighted by Gasteiger charge is 2.23. The number of hydrogen-bond donors (Lipinski definition) is 1. The number of ether oxygens (including phenoxy) is 1. The van der Waals surface area contributed by atoms with E-state index in [1.165, 1.54) is 0 Å². The molecule has 0 radical (unpaired) electrons. The first-order chi connectivity index (χ1) is 11.8. The topological polar surface area (TPSA) is 75.2 Å². The zero-order chi connectivity index (χ0) is 16.5. The van der Waals surface area contributed by atoms with Gasteiger partial charge in [0.2, 0.25) is 0 Å². The monoisotopic (exact) mass is 319 g/mol. The summed E-state index contributed by atoms with van der Waals surface area (Å²) in [5.41, 5.74) is 4.56. The van der Waals surface area contributed by atoms with E-state index >= 15 is 0 Å². The molecule has 6 nitrogen and oxygen atoms in total. The molecule has 6 heteroatoms. The summed E-state index contributed by atoms with van der Waals surface area (Å²) in [6.07, 6.45) is 5.73. The Morgan fingerprint density at radius 2 is 2.00 bits per heavy atom. The van der Waals surface area contributed by atoms with Crippen LogP contribution in [0.4, 0.5) is 11.5 Å². The summed E-state index contributed by atoms with van der Waals surface area (Å²) in [5, 5.41) is 21.5. The van der Waals surface area contributed by atoms with Crippen molar-refractivity contribution in [2.45, 2.75) is 25.7 Å². The minimum atomic E-state index is 0.669. The number of anilines is 2. The lowest BCUT2D eigenvalue weighted by Gasteiger charge is -2.21. The van der Waals surface area contributed by atoms with Crippen LogP contribution < -0.4 is 10.1 Å². The van der Waals surface area contributed by atoms with E-state index in [0.717, 1.165) is 53.9 Å². The van der Waals surface area contributed by atoms with Crippen LogP contribution in [-0.4, -0.2) is 21.7 Å². The van der Waals surface area contributed by atoms with Gasteiger partial charge in [-0.05, 0) is 43.4 Å². The largest absolute Gasteiger partial charge is 0.495 e. The lowest BCUT2D eigenvalue weighted by Crippen LogP contribution is -2.12. The van der Waals surface area contributed by atoms with E-state index in [-0.39, 0.29) is 0 Å². The molecule has 0 fully saturated rings. The highest BCUT2D eigenvalue weighted by molar-refractivity contribution is 5.74. The van der Waals surface area contributed by atoms with Crippen molar-refractivity contribution in [3.8, 4) is 11.8 Å². The molecule has 0 spiro atoms. The molecule has 0 saturated carbocycles. The molecule has 1 aromatic carbocycles. The van der Waals surface area contributed by atoms with Crippen LogP contribution in [0.25, 0.3) is 5.65 Å². The number of hydrogen-bond acceptors (Lipinski definition) is 5. The zero-order valence-electron chi connectivity index (χ0n) is 13.4. The Bertz CT molecular complexity index is 954. The summed E-state index contributed by atoms with van der Waals surface area (Å²) in [6.45, 7) is 0. The van der Waals surface area contributed by atoms with Gasteiger partial charge in [-0.2, -0.15) is 5.26 Å². The van der Waals surface area contributed by atoms with Crippen LogP contribution in [0.3, 0.4) is 0 Å². The van der Waals surface area contributed by atoms with Gasteiger partial charge in [0.25, 0.3) is 0 Å². The first-order valence-corrected chi connectivity index (χ1v) is 8.01. The maximum absolute atomic E-state index is 9.80. The Morgan fingerprint density at radius 1 is 1.21 bits per heavy atom. The minimum Gasteiger partial charge on any atom is -0.495 e. The molecule has 2 heterocycles. The predicted molar refractivity (Wildman–Crippen MR) is 90.6 cm³/mol. The van der Waals surface area contributed by atoms with Gasteiger partial charge in [-0.15, -0.1) is 10.2 Å². The van der Waals surface area contributed by atoms with Gasteiger partial charge in [0.15, 0.2) is 5.65 Å². The van der Waals surface area contributed by atoms with Gasteiger partial charge in [0, 0.05) is 5.56 Å². The van der Waals surface area contributed by atoms with Gasteiger partial charge in [0.05, 0.1) is 18.4 Å². The third-order valence-corrected chi connectivity index (χ3v) is 4.54. The van der Waals surface area contributed by atoms with Gasteiger partial charge in [0.1, 0.15) is 24.0 Å². The average molecular weight is 319 g/mol. The van der Waals surface area contributed by atoms with Crippen LogP contribution in [0.1, 0.15) is 29.5 Å². The maximum atomic E-state index is 9.80. The quantitative estimate of drug-likeness (QED) is 0.802. The summed E-state index contributed by atoms with van der Waals surface area (Å²) >= 11 is 0. The molecule has 1 aliphatic carbocycles. The van der Waals surface area contributed by atoms with Crippen LogP contribution in [0.15, 0.2) is 30.6 Å². The van der Waals surface area contributed by atoms with Crippen molar-refractivity contribution in [1.82, 2.24) is 14.6 Å². The molecule has 24 heavy (non-hydrogen) atoms. The first kappa shape index (κ1) is 14.5. The van der Waals surface area contributed by atoms with Gasteiger partial charge >= 0.3 is 0 Å². The second kappa shape index (κ2) is 5.85. The summed E-state index contributed by atoms with van der Waals surface area (Å²) < 4.78 is 7.28. The number of nitriles is 1. The first-order valence-electron chi connectivity index (χ1n) is 8.01. The molecular formula is C18H17N5O. The van der Waals surface area contributed by atoms with E-state index in [4.69, 9.17) is 4.74 Å². The zero-order valence-corrected chi connectivity index (χ0v) is 13.4. The lowest BCUT2D eigenvalue weighted by molar-refractivity contribution is 0.417. The van der Waals surface area contributed by atoms with Crippen molar-refractivity contribution >= 4 is 17.2 Å². The number of nitrogens with one attached hydrogen (secondary N) is 1. The Balaban J connectivity index is 1.95. The minimum absolute atomic E-state index is 0.669.